The van der Waals surface area contributed by atoms with E-state index in [1.165, 1.54) is 0 Å². The van der Waals surface area contributed by atoms with Crippen molar-refractivity contribution < 1.29 is 14.9 Å². The molecule has 0 radical (unpaired) electrons. The van der Waals surface area contributed by atoms with Crippen molar-refractivity contribution in [1.29, 1.82) is 0 Å². The van der Waals surface area contributed by atoms with Crippen LogP contribution >= 0.6 is 0 Å². The minimum absolute atomic E-state index is 0.110. The molecule has 2 aliphatic rings. The number of rotatable bonds is 2. The van der Waals surface area contributed by atoms with Gasteiger partial charge in [-0.3, -0.25) is 0 Å². The van der Waals surface area contributed by atoms with Crippen LogP contribution in [0.5, 0.6) is 0 Å². The lowest BCUT2D eigenvalue weighted by atomic mass is 9.59. The first-order valence-corrected chi connectivity index (χ1v) is 4.59. The number of aliphatic hydroxyl groups excluding tert-OH is 2. The van der Waals surface area contributed by atoms with E-state index in [0.29, 0.717) is 18.4 Å². The van der Waals surface area contributed by atoms with Crippen molar-refractivity contribution in [3.63, 3.8) is 0 Å². The molecule has 2 rings (SSSR count). The highest BCUT2D eigenvalue weighted by molar-refractivity contribution is 5.08. The Kier molecular flexibility index (Phi) is 1.90. The quantitative estimate of drug-likeness (QED) is 0.617. The summed E-state index contributed by atoms with van der Waals surface area (Å²) in [5, 5.41) is 18.2. The number of hydrogen-bond donors (Lipinski definition) is 2. The maximum absolute atomic E-state index is 9.17. The van der Waals surface area contributed by atoms with Crippen molar-refractivity contribution in [2.45, 2.75) is 18.9 Å². The van der Waals surface area contributed by atoms with Gasteiger partial charge in [0.05, 0.1) is 18.8 Å². The van der Waals surface area contributed by atoms with Crippen LogP contribution < -0.4 is 0 Å². The summed E-state index contributed by atoms with van der Waals surface area (Å²) in [6, 6.07) is 0. The second-order valence-corrected chi connectivity index (χ2v) is 4.18. The lowest BCUT2D eigenvalue weighted by molar-refractivity contribution is -0.145. The predicted molar refractivity (Wildman–Crippen MR) is 43.6 cm³/mol. The fourth-order valence-corrected chi connectivity index (χ4v) is 2.97. The average molecular weight is 172 g/mol. The fraction of sp³-hybridized carbons (Fsp3) is 1.00. The molecule has 0 aromatic carbocycles. The molecule has 2 fully saturated rings. The summed E-state index contributed by atoms with van der Waals surface area (Å²) in [5.74, 6) is 1.23. The Morgan fingerprint density at radius 1 is 1.50 bits per heavy atom. The maximum Gasteiger partial charge on any atom is 0.0949 e. The van der Waals surface area contributed by atoms with Crippen molar-refractivity contribution >= 4 is 0 Å². The minimum Gasteiger partial charge on any atom is -0.396 e. The molecule has 0 spiro atoms. The molecule has 3 heteroatoms. The molecule has 1 saturated heterocycles. The standard InChI is InChI=1S/C9H16O3/c1-6-2-9(5-11)8(6)7(3-10)4-12-9/h6-8,10-11H,2-5H2,1H3. The van der Waals surface area contributed by atoms with Gasteiger partial charge in [-0.2, -0.15) is 0 Å². The molecule has 2 N–H and O–H groups in total. The van der Waals surface area contributed by atoms with Crippen molar-refractivity contribution in [3.8, 4) is 0 Å². The predicted octanol–water partition coefficient (Wildman–Crippen LogP) is 0.0122. The van der Waals surface area contributed by atoms with Gasteiger partial charge in [-0.05, 0) is 12.3 Å². The van der Waals surface area contributed by atoms with E-state index < -0.39 is 0 Å². The van der Waals surface area contributed by atoms with E-state index in [-0.39, 0.29) is 24.7 Å². The molecule has 0 aromatic heterocycles. The molecule has 4 atom stereocenters. The van der Waals surface area contributed by atoms with Gasteiger partial charge in [0.25, 0.3) is 0 Å². The van der Waals surface area contributed by atoms with Crippen molar-refractivity contribution in [2.24, 2.45) is 17.8 Å². The van der Waals surface area contributed by atoms with Crippen molar-refractivity contribution in [3.05, 3.63) is 0 Å². The Bertz CT molecular complexity index is 183. The van der Waals surface area contributed by atoms with Crippen molar-refractivity contribution in [2.75, 3.05) is 19.8 Å². The van der Waals surface area contributed by atoms with Gasteiger partial charge in [0.15, 0.2) is 0 Å². The van der Waals surface area contributed by atoms with Crippen LogP contribution in [0, 0.1) is 17.8 Å². The number of aliphatic hydroxyl groups is 2. The maximum atomic E-state index is 9.17. The molecule has 12 heavy (non-hydrogen) atoms. The van der Waals surface area contributed by atoms with E-state index in [2.05, 4.69) is 6.92 Å². The van der Waals surface area contributed by atoms with E-state index >= 15 is 0 Å². The van der Waals surface area contributed by atoms with Gasteiger partial charge in [-0.1, -0.05) is 6.92 Å². The Morgan fingerprint density at radius 2 is 2.25 bits per heavy atom. The Labute approximate surface area is 72.3 Å². The van der Waals surface area contributed by atoms with Crippen LogP contribution in [0.4, 0.5) is 0 Å². The lowest BCUT2D eigenvalue weighted by Crippen LogP contribution is -2.55. The Balaban J connectivity index is 2.12. The van der Waals surface area contributed by atoms with Gasteiger partial charge in [-0.15, -0.1) is 0 Å². The molecule has 1 saturated carbocycles. The summed E-state index contributed by atoms with van der Waals surface area (Å²) in [5.41, 5.74) is -0.285. The van der Waals surface area contributed by atoms with Crippen LogP contribution in [0.15, 0.2) is 0 Å². The molecule has 0 amide bonds. The second-order valence-electron chi connectivity index (χ2n) is 4.18. The van der Waals surface area contributed by atoms with Crippen LogP contribution in [-0.4, -0.2) is 35.6 Å². The molecule has 1 aliphatic carbocycles. The minimum atomic E-state index is -0.285. The zero-order chi connectivity index (χ0) is 8.77. The Morgan fingerprint density at radius 3 is 2.75 bits per heavy atom. The molecule has 1 aliphatic heterocycles. The summed E-state index contributed by atoms with van der Waals surface area (Å²) in [7, 11) is 0. The third kappa shape index (κ3) is 0.873. The number of hydrogen-bond acceptors (Lipinski definition) is 3. The summed E-state index contributed by atoms with van der Waals surface area (Å²) in [4.78, 5) is 0. The third-order valence-corrected chi connectivity index (χ3v) is 3.48. The summed E-state index contributed by atoms with van der Waals surface area (Å²) in [6.07, 6.45) is 0.949. The largest absolute Gasteiger partial charge is 0.396 e. The molecule has 1 heterocycles. The fourth-order valence-electron chi connectivity index (χ4n) is 2.97. The molecular weight excluding hydrogens is 156 g/mol. The molecule has 4 unspecified atom stereocenters. The molecule has 3 nitrogen and oxygen atoms in total. The topological polar surface area (TPSA) is 49.7 Å². The first-order valence-electron chi connectivity index (χ1n) is 4.59. The SMILES string of the molecule is CC1CC2(CO)OCC(CO)C12. The summed E-state index contributed by atoms with van der Waals surface area (Å²) >= 11 is 0. The van der Waals surface area contributed by atoms with Crippen LogP contribution in [0.25, 0.3) is 0 Å². The van der Waals surface area contributed by atoms with Gasteiger partial charge in [0.2, 0.25) is 0 Å². The van der Waals surface area contributed by atoms with Crippen LogP contribution in [0.2, 0.25) is 0 Å². The monoisotopic (exact) mass is 172 g/mol. The highest BCUT2D eigenvalue weighted by Gasteiger charge is 2.59. The number of ether oxygens (including phenoxy) is 1. The van der Waals surface area contributed by atoms with Crippen LogP contribution in [-0.2, 0) is 4.74 Å². The zero-order valence-corrected chi connectivity index (χ0v) is 7.36. The zero-order valence-electron chi connectivity index (χ0n) is 7.36. The average Bonchev–Trinajstić information content (AvgIpc) is 2.37. The summed E-state index contributed by atoms with van der Waals surface area (Å²) in [6.45, 7) is 3.08. The van der Waals surface area contributed by atoms with E-state index in [9.17, 15) is 5.11 Å². The van der Waals surface area contributed by atoms with E-state index in [0.717, 1.165) is 6.42 Å². The smallest absolute Gasteiger partial charge is 0.0949 e. The molecule has 0 bridgehead atoms. The molecule has 70 valence electrons. The summed E-state index contributed by atoms with van der Waals surface area (Å²) < 4.78 is 5.55. The van der Waals surface area contributed by atoms with E-state index in [1.54, 1.807) is 0 Å². The first kappa shape index (κ1) is 8.48. The highest BCUT2D eigenvalue weighted by atomic mass is 16.5. The van der Waals surface area contributed by atoms with E-state index in [1.807, 2.05) is 0 Å². The lowest BCUT2D eigenvalue weighted by Gasteiger charge is -2.49. The number of fused-ring (bicyclic) bond motifs is 1. The van der Waals surface area contributed by atoms with Crippen molar-refractivity contribution in [1.82, 2.24) is 0 Å². The van der Waals surface area contributed by atoms with E-state index in [4.69, 9.17) is 9.84 Å². The van der Waals surface area contributed by atoms with Gasteiger partial charge in [0.1, 0.15) is 0 Å². The first-order chi connectivity index (χ1) is 5.73. The second kappa shape index (κ2) is 2.69. The van der Waals surface area contributed by atoms with Gasteiger partial charge < -0.3 is 14.9 Å². The van der Waals surface area contributed by atoms with Gasteiger partial charge >= 0.3 is 0 Å². The third-order valence-electron chi connectivity index (χ3n) is 3.48. The highest BCUT2D eigenvalue weighted by Crippen LogP contribution is 2.54. The van der Waals surface area contributed by atoms with Gasteiger partial charge in [0, 0.05) is 18.4 Å². The van der Waals surface area contributed by atoms with Crippen LogP contribution in [0.3, 0.4) is 0 Å². The molecule has 0 aromatic rings. The Hall–Kier alpha value is -0.120. The normalized spacial score (nSPS) is 51.8. The van der Waals surface area contributed by atoms with Gasteiger partial charge in [-0.25, -0.2) is 0 Å². The molecular formula is C9H16O3. The van der Waals surface area contributed by atoms with Crippen LogP contribution in [0.1, 0.15) is 13.3 Å².